The van der Waals surface area contributed by atoms with Crippen molar-refractivity contribution < 1.29 is 9.53 Å². The Bertz CT molecular complexity index is 740. The van der Waals surface area contributed by atoms with Crippen LogP contribution in [0.5, 0.6) is 5.75 Å². The second-order valence-electron chi connectivity index (χ2n) is 4.89. The molecule has 7 heteroatoms. The molecule has 0 unspecified atom stereocenters. The molecule has 2 N–H and O–H groups in total. The van der Waals surface area contributed by atoms with Crippen LogP contribution in [0.2, 0.25) is 10.0 Å². The summed E-state index contributed by atoms with van der Waals surface area (Å²) in [4.78, 5) is 11.8. The first-order valence-corrected chi connectivity index (χ1v) is 8.04. The third kappa shape index (κ3) is 4.88. The zero-order valence-corrected chi connectivity index (χ0v) is 14.8. The molecule has 0 fully saturated rings. The molecule has 24 heavy (non-hydrogen) atoms. The zero-order valence-electron chi connectivity index (χ0n) is 13.3. The standard InChI is InChI=1S/C17H17Cl2N3O2/c1-3-24-16-13(18)8-12(9-14(16)19)10-20-22-17(23)21-15-7-5-4-6-11(15)2/h4-10H,3H2,1-2H3,(H2,21,22,23)/b20-10-. The van der Waals surface area contributed by atoms with Gasteiger partial charge in [-0.05, 0) is 43.2 Å². The van der Waals surface area contributed by atoms with E-state index in [0.717, 1.165) is 11.3 Å². The molecule has 2 aromatic rings. The van der Waals surface area contributed by atoms with E-state index in [9.17, 15) is 4.79 Å². The van der Waals surface area contributed by atoms with E-state index in [1.807, 2.05) is 38.1 Å². The van der Waals surface area contributed by atoms with Crippen LogP contribution in [0, 0.1) is 6.92 Å². The number of urea groups is 1. The van der Waals surface area contributed by atoms with Crippen LogP contribution in [0.4, 0.5) is 10.5 Å². The number of anilines is 1. The number of hydrogen-bond donors (Lipinski definition) is 2. The predicted molar refractivity (Wildman–Crippen MR) is 98.6 cm³/mol. The summed E-state index contributed by atoms with van der Waals surface area (Å²) in [5.41, 5.74) is 4.71. The van der Waals surface area contributed by atoms with Crippen LogP contribution in [0.15, 0.2) is 41.5 Å². The number of carbonyl (C=O) groups excluding carboxylic acids is 1. The van der Waals surface area contributed by atoms with Crippen LogP contribution in [0.25, 0.3) is 0 Å². The molecule has 2 aromatic carbocycles. The lowest BCUT2D eigenvalue weighted by molar-refractivity contribution is 0.252. The van der Waals surface area contributed by atoms with E-state index in [-0.39, 0.29) is 0 Å². The molecule has 0 heterocycles. The van der Waals surface area contributed by atoms with Gasteiger partial charge >= 0.3 is 6.03 Å². The minimum Gasteiger partial charge on any atom is -0.491 e. The van der Waals surface area contributed by atoms with Gasteiger partial charge in [-0.2, -0.15) is 5.10 Å². The van der Waals surface area contributed by atoms with E-state index < -0.39 is 6.03 Å². The number of nitrogens with one attached hydrogen (secondary N) is 2. The molecule has 0 aliphatic carbocycles. The fourth-order valence-electron chi connectivity index (χ4n) is 1.97. The summed E-state index contributed by atoms with van der Waals surface area (Å²) < 4.78 is 5.35. The van der Waals surface area contributed by atoms with E-state index in [2.05, 4.69) is 15.8 Å². The molecule has 0 aliphatic heterocycles. The second-order valence-corrected chi connectivity index (χ2v) is 5.70. The van der Waals surface area contributed by atoms with E-state index in [0.29, 0.717) is 28.0 Å². The number of amides is 2. The summed E-state index contributed by atoms with van der Waals surface area (Å²) in [6, 6.07) is 10.3. The maximum absolute atomic E-state index is 11.8. The van der Waals surface area contributed by atoms with Crippen molar-refractivity contribution in [2.45, 2.75) is 13.8 Å². The number of rotatable bonds is 5. The van der Waals surface area contributed by atoms with Crippen LogP contribution in [-0.2, 0) is 0 Å². The van der Waals surface area contributed by atoms with E-state index in [1.165, 1.54) is 6.21 Å². The minimum atomic E-state index is -0.441. The highest BCUT2D eigenvalue weighted by atomic mass is 35.5. The van der Waals surface area contributed by atoms with Gasteiger partial charge in [0.2, 0.25) is 0 Å². The minimum absolute atomic E-state index is 0.384. The summed E-state index contributed by atoms with van der Waals surface area (Å²) in [6.07, 6.45) is 1.45. The van der Waals surface area contributed by atoms with Crippen molar-refractivity contribution >= 4 is 41.1 Å². The van der Waals surface area contributed by atoms with E-state index in [1.54, 1.807) is 12.1 Å². The highest BCUT2D eigenvalue weighted by Crippen LogP contribution is 2.33. The Kier molecular flexibility index (Phi) is 6.46. The molecule has 0 aliphatic rings. The van der Waals surface area contributed by atoms with Gasteiger partial charge in [-0.15, -0.1) is 0 Å². The van der Waals surface area contributed by atoms with Gasteiger partial charge in [-0.1, -0.05) is 41.4 Å². The normalized spacial score (nSPS) is 10.7. The summed E-state index contributed by atoms with van der Waals surface area (Å²) in [5, 5.41) is 7.36. The topological polar surface area (TPSA) is 62.7 Å². The molecule has 0 radical (unpaired) electrons. The number of hydrogen-bond acceptors (Lipinski definition) is 3. The molecular weight excluding hydrogens is 349 g/mol. The van der Waals surface area contributed by atoms with Crippen molar-refractivity contribution in [3.8, 4) is 5.75 Å². The third-order valence-corrected chi connectivity index (χ3v) is 3.64. The first-order valence-electron chi connectivity index (χ1n) is 7.28. The third-order valence-electron chi connectivity index (χ3n) is 3.08. The van der Waals surface area contributed by atoms with Gasteiger partial charge < -0.3 is 10.1 Å². The average molecular weight is 366 g/mol. The first kappa shape index (κ1) is 18.1. The van der Waals surface area contributed by atoms with E-state index >= 15 is 0 Å². The quantitative estimate of drug-likeness (QED) is 0.587. The van der Waals surface area contributed by atoms with Gasteiger partial charge in [-0.3, -0.25) is 0 Å². The maximum atomic E-state index is 11.8. The summed E-state index contributed by atoms with van der Waals surface area (Å²) in [6.45, 7) is 4.22. The van der Waals surface area contributed by atoms with Gasteiger partial charge in [0, 0.05) is 5.69 Å². The number of aryl methyl sites for hydroxylation is 1. The molecule has 5 nitrogen and oxygen atoms in total. The van der Waals surface area contributed by atoms with Crippen molar-refractivity contribution in [3.05, 3.63) is 57.6 Å². The number of para-hydroxylation sites is 1. The maximum Gasteiger partial charge on any atom is 0.339 e. The van der Waals surface area contributed by atoms with Crippen LogP contribution >= 0.6 is 23.2 Å². The molecule has 2 rings (SSSR count). The smallest absolute Gasteiger partial charge is 0.339 e. The number of carbonyl (C=O) groups is 1. The fraction of sp³-hybridized carbons (Fsp3) is 0.176. The largest absolute Gasteiger partial charge is 0.491 e. The van der Waals surface area contributed by atoms with Crippen LogP contribution < -0.4 is 15.5 Å². The summed E-state index contributed by atoms with van der Waals surface area (Å²) in [5.74, 6) is 0.434. The molecule has 0 spiro atoms. The number of nitrogens with zero attached hydrogens (tertiary/aromatic N) is 1. The van der Waals surface area contributed by atoms with Gasteiger partial charge in [0.25, 0.3) is 0 Å². The van der Waals surface area contributed by atoms with Crippen LogP contribution in [0.3, 0.4) is 0 Å². The van der Waals surface area contributed by atoms with Crippen LogP contribution in [0.1, 0.15) is 18.1 Å². The lowest BCUT2D eigenvalue weighted by Gasteiger charge is -2.09. The Hall–Kier alpha value is -2.24. The summed E-state index contributed by atoms with van der Waals surface area (Å²) >= 11 is 12.2. The van der Waals surface area contributed by atoms with Gasteiger partial charge in [0.1, 0.15) is 0 Å². The summed E-state index contributed by atoms with van der Waals surface area (Å²) in [7, 11) is 0. The SMILES string of the molecule is CCOc1c(Cl)cc(/C=N\NC(=O)Nc2ccccc2C)cc1Cl. The zero-order chi connectivity index (χ0) is 17.5. The van der Waals surface area contributed by atoms with Gasteiger partial charge in [0.05, 0.1) is 22.9 Å². The molecule has 0 bridgehead atoms. The van der Waals surface area contributed by atoms with Crippen molar-refractivity contribution in [1.29, 1.82) is 0 Å². The highest BCUT2D eigenvalue weighted by Gasteiger charge is 2.08. The Morgan fingerprint density at radius 2 is 1.92 bits per heavy atom. The first-order chi connectivity index (χ1) is 11.5. The highest BCUT2D eigenvalue weighted by molar-refractivity contribution is 6.37. The van der Waals surface area contributed by atoms with E-state index in [4.69, 9.17) is 27.9 Å². The Balaban J connectivity index is 1.99. The predicted octanol–water partition coefficient (Wildman–Crippen LogP) is 4.86. The van der Waals surface area contributed by atoms with Gasteiger partial charge in [-0.25, -0.2) is 10.2 Å². The van der Waals surface area contributed by atoms with Crippen molar-refractivity contribution in [3.63, 3.8) is 0 Å². The Labute approximate surface area is 150 Å². The molecule has 0 saturated carbocycles. The fourth-order valence-corrected chi connectivity index (χ4v) is 2.58. The molecule has 0 atom stereocenters. The van der Waals surface area contributed by atoms with Crippen LogP contribution in [-0.4, -0.2) is 18.9 Å². The monoisotopic (exact) mass is 365 g/mol. The number of halogens is 2. The van der Waals surface area contributed by atoms with Crippen molar-refractivity contribution in [1.82, 2.24) is 5.43 Å². The molecule has 126 valence electrons. The molecule has 0 aromatic heterocycles. The molecule has 2 amide bonds. The Morgan fingerprint density at radius 1 is 1.25 bits per heavy atom. The lowest BCUT2D eigenvalue weighted by Crippen LogP contribution is -2.24. The number of benzene rings is 2. The lowest BCUT2D eigenvalue weighted by atomic mass is 10.2. The number of ether oxygens (including phenoxy) is 1. The van der Waals surface area contributed by atoms with Gasteiger partial charge in [0.15, 0.2) is 5.75 Å². The average Bonchev–Trinajstić information content (AvgIpc) is 2.53. The van der Waals surface area contributed by atoms with Crippen molar-refractivity contribution in [2.24, 2.45) is 5.10 Å². The molecular formula is C17H17Cl2N3O2. The number of hydrazone groups is 1. The Morgan fingerprint density at radius 3 is 2.54 bits per heavy atom. The second kappa shape index (κ2) is 8.57. The van der Waals surface area contributed by atoms with Crippen molar-refractivity contribution in [2.75, 3.05) is 11.9 Å². The molecule has 0 saturated heterocycles.